The number of anilines is 1. The lowest BCUT2D eigenvalue weighted by Gasteiger charge is -2.31. The molecule has 1 aromatic carbocycles. The van der Waals surface area contributed by atoms with Crippen LogP contribution in [0.5, 0.6) is 0 Å². The molecule has 0 aliphatic carbocycles. The number of nitrogens with zero attached hydrogens (tertiary/aromatic N) is 2. The van der Waals surface area contributed by atoms with Crippen molar-refractivity contribution in [1.82, 2.24) is 4.98 Å². The fourth-order valence-corrected chi connectivity index (χ4v) is 3.06. The maximum atomic E-state index is 12.3. The van der Waals surface area contributed by atoms with Crippen LogP contribution in [0.2, 0.25) is 0 Å². The van der Waals surface area contributed by atoms with Gasteiger partial charge in [0.25, 0.3) is 0 Å². The van der Waals surface area contributed by atoms with Crippen molar-refractivity contribution in [1.29, 1.82) is 0 Å². The van der Waals surface area contributed by atoms with Crippen LogP contribution in [0.15, 0.2) is 36.7 Å². The molecular formula is C20H24N2O2. The van der Waals surface area contributed by atoms with Crippen molar-refractivity contribution in [2.75, 3.05) is 11.4 Å². The van der Waals surface area contributed by atoms with Crippen LogP contribution in [0.25, 0.3) is 0 Å². The molecule has 0 atom stereocenters. The van der Waals surface area contributed by atoms with Gasteiger partial charge in [0.15, 0.2) is 0 Å². The zero-order valence-electron chi connectivity index (χ0n) is 14.8. The number of hydrogen-bond donors (Lipinski definition) is 0. The van der Waals surface area contributed by atoms with Gasteiger partial charge in [0.2, 0.25) is 0 Å². The lowest BCUT2D eigenvalue weighted by molar-refractivity contribution is 0.00696. The van der Waals surface area contributed by atoms with Gasteiger partial charge >= 0.3 is 5.97 Å². The molecule has 4 nitrogen and oxygen atoms in total. The first-order chi connectivity index (χ1) is 11.3. The molecule has 0 unspecified atom stereocenters. The van der Waals surface area contributed by atoms with E-state index in [9.17, 15) is 4.79 Å². The van der Waals surface area contributed by atoms with Crippen LogP contribution in [0.4, 0.5) is 5.69 Å². The second-order valence-electron chi connectivity index (χ2n) is 7.32. The number of esters is 1. The first kappa shape index (κ1) is 16.5. The molecule has 24 heavy (non-hydrogen) atoms. The van der Waals surface area contributed by atoms with Gasteiger partial charge in [-0.2, -0.15) is 0 Å². The summed E-state index contributed by atoms with van der Waals surface area (Å²) in [5.74, 6) is -0.278. The van der Waals surface area contributed by atoms with E-state index < -0.39 is 5.60 Å². The zero-order valence-corrected chi connectivity index (χ0v) is 14.8. The normalized spacial score (nSPS) is 14.2. The third-order valence-electron chi connectivity index (χ3n) is 4.20. The van der Waals surface area contributed by atoms with Gasteiger partial charge in [-0.05, 0) is 69.0 Å². The van der Waals surface area contributed by atoms with E-state index >= 15 is 0 Å². The zero-order chi connectivity index (χ0) is 17.3. The third-order valence-corrected chi connectivity index (χ3v) is 4.20. The average Bonchev–Trinajstić information content (AvgIpc) is 2.53. The fourth-order valence-electron chi connectivity index (χ4n) is 3.06. The van der Waals surface area contributed by atoms with Crippen LogP contribution in [-0.2, 0) is 17.7 Å². The minimum atomic E-state index is -0.486. The molecule has 0 N–H and O–H groups in total. The molecule has 1 aromatic heterocycles. The maximum Gasteiger partial charge on any atom is 0.338 e. The van der Waals surface area contributed by atoms with Crippen LogP contribution >= 0.6 is 0 Å². The van der Waals surface area contributed by atoms with Crippen molar-refractivity contribution >= 4 is 11.7 Å². The Balaban J connectivity index is 1.81. The number of pyridine rings is 1. The number of benzene rings is 1. The summed E-state index contributed by atoms with van der Waals surface area (Å²) >= 11 is 0. The van der Waals surface area contributed by atoms with Crippen molar-refractivity contribution < 1.29 is 9.53 Å². The molecule has 2 heterocycles. The van der Waals surface area contributed by atoms with Crippen molar-refractivity contribution in [3.8, 4) is 0 Å². The molecule has 0 bridgehead atoms. The summed E-state index contributed by atoms with van der Waals surface area (Å²) in [6, 6.07) is 7.68. The Labute approximate surface area is 143 Å². The predicted molar refractivity (Wildman–Crippen MR) is 95.3 cm³/mol. The first-order valence-electron chi connectivity index (χ1n) is 8.34. The highest BCUT2D eigenvalue weighted by atomic mass is 16.6. The van der Waals surface area contributed by atoms with Gasteiger partial charge < -0.3 is 9.64 Å². The molecule has 126 valence electrons. The minimum absolute atomic E-state index is 0.278. The highest BCUT2D eigenvalue weighted by molar-refractivity contribution is 5.90. The second-order valence-corrected chi connectivity index (χ2v) is 7.32. The van der Waals surface area contributed by atoms with Crippen molar-refractivity contribution in [2.24, 2.45) is 0 Å². The Morgan fingerprint density at radius 2 is 2.04 bits per heavy atom. The molecule has 0 spiro atoms. The van der Waals surface area contributed by atoms with Gasteiger partial charge in [-0.25, -0.2) is 4.79 Å². The van der Waals surface area contributed by atoms with E-state index in [1.165, 1.54) is 16.7 Å². The Morgan fingerprint density at radius 1 is 1.25 bits per heavy atom. The van der Waals surface area contributed by atoms with E-state index in [2.05, 4.69) is 16.8 Å². The highest BCUT2D eigenvalue weighted by Gasteiger charge is 2.21. The summed E-state index contributed by atoms with van der Waals surface area (Å²) in [6.45, 7) is 9.52. The third kappa shape index (κ3) is 3.58. The molecular weight excluding hydrogens is 300 g/mol. The molecule has 1 aliphatic heterocycles. The molecule has 3 rings (SSSR count). The molecule has 0 saturated heterocycles. The second kappa shape index (κ2) is 6.27. The number of ether oxygens (including phenoxy) is 1. The SMILES string of the molecule is Cc1cncc2c1CCN(c1cccc(C(=O)OC(C)(C)C)c1)C2. The molecule has 4 heteroatoms. The van der Waals surface area contributed by atoms with Crippen LogP contribution in [0, 0.1) is 6.92 Å². The van der Waals surface area contributed by atoms with E-state index in [0.29, 0.717) is 5.56 Å². The van der Waals surface area contributed by atoms with Gasteiger partial charge in [-0.1, -0.05) is 6.07 Å². The van der Waals surface area contributed by atoms with Crippen LogP contribution < -0.4 is 4.90 Å². The topological polar surface area (TPSA) is 42.4 Å². The maximum absolute atomic E-state index is 12.3. The van der Waals surface area contributed by atoms with E-state index in [4.69, 9.17) is 4.74 Å². The molecule has 2 aromatic rings. The molecule has 0 amide bonds. The smallest absolute Gasteiger partial charge is 0.338 e. The van der Waals surface area contributed by atoms with Gasteiger partial charge in [-0.3, -0.25) is 4.98 Å². The summed E-state index contributed by atoms with van der Waals surface area (Å²) in [5.41, 5.74) is 5.09. The predicted octanol–water partition coefficient (Wildman–Crippen LogP) is 3.91. The summed E-state index contributed by atoms with van der Waals surface area (Å²) in [4.78, 5) is 18.9. The van der Waals surface area contributed by atoms with Gasteiger partial charge in [0.05, 0.1) is 5.56 Å². The number of carbonyl (C=O) groups excluding carboxylic acids is 1. The quantitative estimate of drug-likeness (QED) is 0.786. The number of aryl methyl sites for hydroxylation is 1. The fraction of sp³-hybridized carbons (Fsp3) is 0.400. The molecule has 1 aliphatic rings. The van der Waals surface area contributed by atoms with Gasteiger partial charge in [0, 0.05) is 31.2 Å². The lowest BCUT2D eigenvalue weighted by Crippen LogP contribution is -2.31. The monoisotopic (exact) mass is 324 g/mol. The number of aromatic nitrogens is 1. The van der Waals surface area contributed by atoms with E-state index in [-0.39, 0.29) is 5.97 Å². The summed E-state index contributed by atoms with van der Waals surface area (Å²) in [6.07, 6.45) is 4.88. The summed E-state index contributed by atoms with van der Waals surface area (Å²) in [7, 11) is 0. The number of fused-ring (bicyclic) bond motifs is 1. The summed E-state index contributed by atoms with van der Waals surface area (Å²) < 4.78 is 5.47. The first-order valence-corrected chi connectivity index (χ1v) is 8.34. The van der Waals surface area contributed by atoms with Crippen molar-refractivity contribution in [2.45, 2.75) is 46.3 Å². The average molecular weight is 324 g/mol. The number of hydrogen-bond acceptors (Lipinski definition) is 4. The minimum Gasteiger partial charge on any atom is -0.456 e. The van der Waals surface area contributed by atoms with E-state index in [0.717, 1.165) is 25.2 Å². The van der Waals surface area contributed by atoms with Crippen LogP contribution in [0.3, 0.4) is 0 Å². The number of rotatable bonds is 2. The lowest BCUT2D eigenvalue weighted by atomic mass is 9.97. The van der Waals surface area contributed by atoms with Crippen molar-refractivity contribution in [3.63, 3.8) is 0 Å². The van der Waals surface area contributed by atoms with E-state index in [1.807, 2.05) is 51.4 Å². The van der Waals surface area contributed by atoms with Gasteiger partial charge in [0.1, 0.15) is 5.60 Å². The molecule has 0 saturated carbocycles. The van der Waals surface area contributed by atoms with Gasteiger partial charge in [-0.15, -0.1) is 0 Å². The van der Waals surface area contributed by atoms with E-state index in [1.54, 1.807) is 6.07 Å². The Kier molecular flexibility index (Phi) is 4.31. The summed E-state index contributed by atoms with van der Waals surface area (Å²) in [5, 5.41) is 0. The molecule has 0 radical (unpaired) electrons. The van der Waals surface area contributed by atoms with Crippen molar-refractivity contribution in [3.05, 3.63) is 58.9 Å². The Hall–Kier alpha value is -2.36. The Morgan fingerprint density at radius 3 is 2.79 bits per heavy atom. The van der Waals surface area contributed by atoms with Crippen LogP contribution in [-0.4, -0.2) is 23.1 Å². The Bertz CT molecular complexity index is 762. The van der Waals surface area contributed by atoms with Crippen LogP contribution in [0.1, 0.15) is 47.8 Å². The highest BCUT2D eigenvalue weighted by Crippen LogP contribution is 2.26. The molecule has 0 fully saturated rings. The standard InChI is InChI=1S/C20H24N2O2/c1-14-11-21-12-16-13-22(9-8-18(14)16)17-7-5-6-15(10-17)19(23)24-20(2,3)4/h5-7,10-12H,8-9,13H2,1-4H3. The number of carbonyl (C=O) groups is 1. The largest absolute Gasteiger partial charge is 0.456 e.